The van der Waals surface area contributed by atoms with E-state index in [-0.39, 0.29) is 28.7 Å². The molecule has 0 radical (unpaired) electrons. The molecule has 1 aromatic heterocycles. The number of hydrogen-bond acceptors (Lipinski definition) is 5. The lowest BCUT2D eigenvalue weighted by atomic mass is 10.2. The molecular weight excluding hydrogens is 263 g/mol. The minimum Gasteiger partial charge on any atom is -0.455 e. The zero-order valence-corrected chi connectivity index (χ0v) is 10.7. The van der Waals surface area contributed by atoms with Crippen molar-refractivity contribution < 1.29 is 13.9 Å². The number of nitrogen functional groups attached to an aromatic ring is 2. The molecule has 1 aromatic carbocycles. The summed E-state index contributed by atoms with van der Waals surface area (Å²) >= 11 is 0. The fourth-order valence-corrected chi connectivity index (χ4v) is 1.53. The highest BCUT2D eigenvalue weighted by Crippen LogP contribution is 2.30. The summed E-state index contributed by atoms with van der Waals surface area (Å²) in [5.74, 6) is -0.554. The molecule has 0 atom stereocenters. The number of nitrogens with two attached hydrogens (primary N) is 2. The Morgan fingerprint density at radius 1 is 1.30 bits per heavy atom. The van der Waals surface area contributed by atoms with E-state index in [1.807, 2.05) is 0 Å². The molecule has 104 valence electrons. The number of nitrogens with one attached hydrogen (secondary N) is 1. The van der Waals surface area contributed by atoms with Gasteiger partial charge in [-0.15, -0.1) is 0 Å². The monoisotopic (exact) mass is 276 g/mol. The molecule has 2 aromatic rings. The summed E-state index contributed by atoms with van der Waals surface area (Å²) in [5, 5.41) is 2.44. The number of carbonyl (C=O) groups excluding carboxylic acids is 1. The van der Waals surface area contributed by atoms with Crippen LogP contribution in [-0.2, 0) is 0 Å². The molecule has 0 fully saturated rings. The molecule has 0 aliphatic rings. The lowest BCUT2D eigenvalue weighted by molar-refractivity contribution is 0.0958. The fourth-order valence-electron chi connectivity index (χ4n) is 1.53. The molecule has 5 N–H and O–H groups in total. The second kappa shape index (κ2) is 5.43. The summed E-state index contributed by atoms with van der Waals surface area (Å²) in [7, 11) is 1.49. The van der Waals surface area contributed by atoms with Crippen LogP contribution < -0.4 is 21.5 Å². The van der Waals surface area contributed by atoms with Crippen molar-refractivity contribution in [2.45, 2.75) is 0 Å². The number of pyridine rings is 1. The van der Waals surface area contributed by atoms with Gasteiger partial charge in [-0.3, -0.25) is 9.78 Å². The molecule has 1 amide bonds. The van der Waals surface area contributed by atoms with Gasteiger partial charge in [-0.1, -0.05) is 0 Å². The molecule has 20 heavy (non-hydrogen) atoms. The second-order valence-electron chi connectivity index (χ2n) is 3.97. The molecule has 0 aliphatic heterocycles. The number of rotatable bonds is 3. The molecule has 0 spiro atoms. The highest BCUT2D eigenvalue weighted by molar-refractivity contribution is 5.92. The Bertz CT molecular complexity index is 661. The third kappa shape index (κ3) is 2.77. The first-order valence-electron chi connectivity index (χ1n) is 5.71. The molecule has 1 heterocycles. The Labute approximate surface area is 114 Å². The quantitative estimate of drug-likeness (QED) is 0.738. The molecule has 0 saturated carbocycles. The van der Waals surface area contributed by atoms with Crippen molar-refractivity contribution in [2.24, 2.45) is 0 Å². The lowest BCUT2D eigenvalue weighted by Gasteiger charge is -2.10. The smallest absolute Gasteiger partial charge is 0.269 e. The summed E-state index contributed by atoms with van der Waals surface area (Å²) in [6, 6.07) is 5.31. The molecule has 0 bridgehead atoms. The van der Waals surface area contributed by atoms with Crippen LogP contribution in [0.2, 0.25) is 0 Å². The van der Waals surface area contributed by atoms with E-state index in [2.05, 4.69) is 10.3 Å². The van der Waals surface area contributed by atoms with Crippen molar-refractivity contribution in [3.05, 3.63) is 42.0 Å². The number of anilines is 2. The van der Waals surface area contributed by atoms with Gasteiger partial charge in [-0.25, -0.2) is 4.39 Å². The van der Waals surface area contributed by atoms with Gasteiger partial charge in [0.05, 0.1) is 11.4 Å². The van der Waals surface area contributed by atoms with Crippen LogP contribution in [0, 0.1) is 5.82 Å². The predicted octanol–water partition coefficient (Wildman–Crippen LogP) is 1.54. The number of halogens is 1. The maximum atomic E-state index is 13.4. The number of benzene rings is 1. The topological polar surface area (TPSA) is 103 Å². The maximum Gasteiger partial charge on any atom is 0.269 e. The average molecular weight is 276 g/mol. The fraction of sp³-hybridized carbons (Fsp3) is 0.0769. The molecule has 0 saturated heterocycles. The molecular formula is C13H13FN4O2. The van der Waals surface area contributed by atoms with Crippen molar-refractivity contribution in [3.8, 4) is 11.5 Å². The van der Waals surface area contributed by atoms with Crippen molar-refractivity contribution in [2.75, 3.05) is 18.5 Å². The van der Waals surface area contributed by atoms with Crippen LogP contribution in [0.25, 0.3) is 0 Å². The van der Waals surface area contributed by atoms with Gasteiger partial charge in [0.15, 0.2) is 5.75 Å². The molecule has 2 rings (SSSR count). The minimum absolute atomic E-state index is 0.0596. The van der Waals surface area contributed by atoms with Crippen LogP contribution in [0.5, 0.6) is 11.5 Å². The standard InChI is InChI=1S/C13H13FN4O2/c1-17-13(19)11-4-7(2-3-18-11)20-12-5-8(14)9(15)6-10(12)16/h2-6H,15-16H2,1H3,(H,17,19). The molecule has 7 heteroatoms. The van der Waals surface area contributed by atoms with E-state index in [9.17, 15) is 9.18 Å². The summed E-state index contributed by atoms with van der Waals surface area (Å²) in [4.78, 5) is 15.3. The van der Waals surface area contributed by atoms with Gasteiger partial charge in [0.1, 0.15) is 17.3 Å². The third-order valence-electron chi connectivity index (χ3n) is 2.55. The van der Waals surface area contributed by atoms with Gasteiger partial charge >= 0.3 is 0 Å². The van der Waals surface area contributed by atoms with E-state index in [0.29, 0.717) is 5.75 Å². The number of nitrogens with zero attached hydrogens (tertiary/aromatic N) is 1. The number of amides is 1. The van der Waals surface area contributed by atoms with Crippen LogP contribution in [-0.4, -0.2) is 17.9 Å². The van der Waals surface area contributed by atoms with Gasteiger partial charge in [-0.05, 0) is 12.1 Å². The first-order valence-corrected chi connectivity index (χ1v) is 5.71. The van der Waals surface area contributed by atoms with Crippen molar-refractivity contribution in [1.29, 1.82) is 0 Å². The van der Waals surface area contributed by atoms with Crippen LogP contribution in [0.15, 0.2) is 30.5 Å². The number of aromatic nitrogens is 1. The Hall–Kier alpha value is -2.83. The normalized spacial score (nSPS) is 10.1. The highest BCUT2D eigenvalue weighted by Gasteiger charge is 2.10. The Balaban J connectivity index is 2.31. The number of ether oxygens (including phenoxy) is 1. The summed E-state index contributed by atoms with van der Waals surface area (Å²) in [5.41, 5.74) is 11.4. The van der Waals surface area contributed by atoms with Gasteiger partial charge in [0, 0.05) is 25.4 Å². The Morgan fingerprint density at radius 2 is 2.05 bits per heavy atom. The SMILES string of the molecule is CNC(=O)c1cc(Oc2cc(F)c(N)cc2N)ccn1. The average Bonchev–Trinajstić information content (AvgIpc) is 2.44. The first-order chi connectivity index (χ1) is 9.51. The van der Waals surface area contributed by atoms with E-state index < -0.39 is 5.82 Å². The summed E-state index contributed by atoms with van der Waals surface area (Å²) < 4.78 is 18.8. The Kier molecular flexibility index (Phi) is 3.69. The molecule has 6 nitrogen and oxygen atoms in total. The minimum atomic E-state index is -0.630. The number of hydrogen-bond donors (Lipinski definition) is 3. The van der Waals surface area contributed by atoms with E-state index in [4.69, 9.17) is 16.2 Å². The van der Waals surface area contributed by atoms with Gasteiger partial charge in [0.25, 0.3) is 5.91 Å². The largest absolute Gasteiger partial charge is 0.455 e. The van der Waals surface area contributed by atoms with Crippen LogP contribution in [0.3, 0.4) is 0 Å². The van der Waals surface area contributed by atoms with E-state index in [0.717, 1.165) is 6.07 Å². The van der Waals surface area contributed by atoms with E-state index in [1.165, 1.54) is 31.4 Å². The van der Waals surface area contributed by atoms with Crippen molar-refractivity contribution in [1.82, 2.24) is 10.3 Å². The summed E-state index contributed by atoms with van der Waals surface area (Å²) in [6.45, 7) is 0. The van der Waals surface area contributed by atoms with Gasteiger partial charge in [0.2, 0.25) is 0 Å². The first kappa shape index (κ1) is 13.6. The van der Waals surface area contributed by atoms with E-state index >= 15 is 0 Å². The maximum absolute atomic E-state index is 13.4. The second-order valence-corrected chi connectivity index (χ2v) is 3.97. The van der Waals surface area contributed by atoms with Crippen LogP contribution >= 0.6 is 0 Å². The zero-order valence-electron chi connectivity index (χ0n) is 10.7. The number of carbonyl (C=O) groups is 1. The van der Waals surface area contributed by atoms with Crippen LogP contribution in [0.4, 0.5) is 15.8 Å². The highest BCUT2D eigenvalue weighted by atomic mass is 19.1. The lowest BCUT2D eigenvalue weighted by Crippen LogP contribution is -2.18. The van der Waals surface area contributed by atoms with E-state index in [1.54, 1.807) is 0 Å². The van der Waals surface area contributed by atoms with Gasteiger partial charge in [-0.2, -0.15) is 0 Å². The Morgan fingerprint density at radius 3 is 2.75 bits per heavy atom. The summed E-state index contributed by atoms with van der Waals surface area (Å²) in [6.07, 6.45) is 1.41. The van der Waals surface area contributed by atoms with Gasteiger partial charge < -0.3 is 21.5 Å². The molecule has 0 unspecified atom stereocenters. The van der Waals surface area contributed by atoms with Crippen molar-refractivity contribution in [3.63, 3.8) is 0 Å². The zero-order chi connectivity index (χ0) is 14.7. The van der Waals surface area contributed by atoms with Crippen molar-refractivity contribution >= 4 is 17.3 Å². The third-order valence-corrected chi connectivity index (χ3v) is 2.55. The van der Waals surface area contributed by atoms with Crippen LogP contribution in [0.1, 0.15) is 10.5 Å². The molecule has 0 aliphatic carbocycles. The predicted molar refractivity (Wildman–Crippen MR) is 72.9 cm³/mol.